The van der Waals surface area contributed by atoms with Crippen molar-refractivity contribution in [2.45, 2.75) is 25.6 Å². The highest BCUT2D eigenvalue weighted by Gasteiger charge is 2.32. The predicted molar refractivity (Wildman–Crippen MR) is 80.1 cm³/mol. The molecule has 2 heterocycles. The van der Waals surface area contributed by atoms with Gasteiger partial charge < -0.3 is 4.90 Å². The minimum Gasteiger partial charge on any atom is -0.357 e. The van der Waals surface area contributed by atoms with Gasteiger partial charge in [-0.1, -0.05) is 17.7 Å². The van der Waals surface area contributed by atoms with Crippen LogP contribution in [0.5, 0.6) is 0 Å². The summed E-state index contributed by atoms with van der Waals surface area (Å²) in [5.74, 6) is 0.221. The van der Waals surface area contributed by atoms with Crippen LogP contribution in [0.25, 0.3) is 0 Å². The summed E-state index contributed by atoms with van der Waals surface area (Å²) in [6.07, 6.45) is -3.69. The normalized spacial score (nSPS) is 13.2. The van der Waals surface area contributed by atoms with Crippen molar-refractivity contribution in [1.29, 1.82) is 0 Å². The number of rotatable bonds is 4. The first-order chi connectivity index (χ1) is 9.77. The molecule has 0 saturated heterocycles. The molecule has 0 amide bonds. The third kappa shape index (κ3) is 4.11. The number of hydrogen-bond donors (Lipinski definition) is 0. The highest BCUT2D eigenvalue weighted by molar-refractivity contribution is 7.09. The zero-order chi connectivity index (χ0) is 15.6. The number of nitrogens with zero attached hydrogens (tertiary/aromatic N) is 2. The topological polar surface area (TPSA) is 16.1 Å². The van der Waals surface area contributed by atoms with Gasteiger partial charge in [0.1, 0.15) is 11.0 Å². The summed E-state index contributed by atoms with van der Waals surface area (Å²) >= 11 is 7.33. The van der Waals surface area contributed by atoms with Crippen LogP contribution in [0.3, 0.4) is 0 Å². The van der Waals surface area contributed by atoms with Gasteiger partial charge in [0.2, 0.25) is 0 Å². The molecular weight excluding hydrogens is 321 g/mol. The maximum Gasteiger partial charge on any atom is 0.416 e. The molecule has 0 fully saturated rings. The summed E-state index contributed by atoms with van der Waals surface area (Å²) in [7, 11) is 1.72. The van der Waals surface area contributed by atoms with E-state index in [4.69, 9.17) is 11.6 Å². The molecule has 21 heavy (non-hydrogen) atoms. The van der Waals surface area contributed by atoms with E-state index in [1.807, 2.05) is 24.4 Å². The molecule has 1 atom stereocenters. The van der Waals surface area contributed by atoms with Crippen LogP contribution < -0.4 is 4.90 Å². The van der Waals surface area contributed by atoms with Gasteiger partial charge in [-0.05, 0) is 30.5 Å². The van der Waals surface area contributed by atoms with Crippen molar-refractivity contribution < 1.29 is 13.2 Å². The van der Waals surface area contributed by atoms with Gasteiger partial charge in [-0.15, -0.1) is 11.3 Å². The number of halogens is 4. The first kappa shape index (κ1) is 16.1. The van der Waals surface area contributed by atoms with Crippen LogP contribution in [0.4, 0.5) is 19.0 Å². The maximum atomic E-state index is 12.8. The van der Waals surface area contributed by atoms with Crippen molar-refractivity contribution in [3.63, 3.8) is 0 Å². The Morgan fingerprint density at radius 1 is 1.38 bits per heavy atom. The van der Waals surface area contributed by atoms with Gasteiger partial charge in [-0.2, -0.15) is 13.2 Å². The molecule has 1 unspecified atom stereocenters. The van der Waals surface area contributed by atoms with Gasteiger partial charge in [0.25, 0.3) is 0 Å². The van der Waals surface area contributed by atoms with Crippen LogP contribution in [0.1, 0.15) is 17.4 Å². The van der Waals surface area contributed by atoms with Crippen molar-refractivity contribution in [3.8, 4) is 0 Å². The molecule has 2 rings (SSSR count). The Kier molecular flexibility index (Phi) is 4.78. The van der Waals surface area contributed by atoms with Crippen molar-refractivity contribution >= 4 is 28.8 Å². The lowest BCUT2D eigenvalue weighted by atomic mass is 10.1. The van der Waals surface area contributed by atoms with Crippen molar-refractivity contribution in [1.82, 2.24) is 4.98 Å². The molecule has 0 saturated carbocycles. The van der Waals surface area contributed by atoms with E-state index in [1.165, 1.54) is 4.88 Å². The maximum absolute atomic E-state index is 12.8. The first-order valence-electron chi connectivity index (χ1n) is 6.27. The molecule has 0 aliphatic carbocycles. The molecule has 2 nitrogen and oxygen atoms in total. The number of likely N-dealkylation sites (N-methyl/N-ethyl adjacent to an activating group) is 1. The fourth-order valence-corrected chi connectivity index (χ4v) is 2.94. The Bertz CT molecular complexity index is 599. The molecule has 2 aromatic rings. The second kappa shape index (κ2) is 6.23. The molecule has 7 heteroatoms. The van der Waals surface area contributed by atoms with Crippen LogP contribution >= 0.6 is 22.9 Å². The fraction of sp³-hybridized carbons (Fsp3) is 0.357. The summed E-state index contributed by atoms with van der Waals surface area (Å²) in [5, 5.41) is 1.82. The van der Waals surface area contributed by atoms with E-state index in [-0.39, 0.29) is 17.0 Å². The van der Waals surface area contributed by atoms with Gasteiger partial charge in [-0.3, -0.25) is 0 Å². The summed E-state index contributed by atoms with van der Waals surface area (Å²) in [5.41, 5.74) is -0.785. The Labute approximate surface area is 130 Å². The highest BCUT2D eigenvalue weighted by Crippen LogP contribution is 2.33. The smallest absolute Gasteiger partial charge is 0.357 e. The minimum atomic E-state index is -4.43. The average molecular weight is 335 g/mol. The van der Waals surface area contributed by atoms with E-state index in [1.54, 1.807) is 23.3 Å². The molecule has 114 valence electrons. The Morgan fingerprint density at radius 3 is 2.67 bits per heavy atom. The van der Waals surface area contributed by atoms with E-state index in [9.17, 15) is 13.2 Å². The third-order valence-corrected chi connectivity index (χ3v) is 4.30. The Hall–Kier alpha value is -1.27. The van der Waals surface area contributed by atoms with E-state index in [0.29, 0.717) is 0 Å². The molecule has 0 aliphatic heterocycles. The second-order valence-corrected chi connectivity index (χ2v) is 6.20. The van der Waals surface area contributed by atoms with Crippen LogP contribution in [-0.4, -0.2) is 18.1 Å². The Balaban J connectivity index is 2.22. The summed E-state index contributed by atoms with van der Waals surface area (Å²) in [4.78, 5) is 6.88. The molecule has 0 N–H and O–H groups in total. The van der Waals surface area contributed by atoms with Gasteiger partial charge in [0, 0.05) is 24.4 Å². The zero-order valence-corrected chi connectivity index (χ0v) is 13.1. The Morgan fingerprint density at radius 2 is 2.10 bits per heavy atom. The van der Waals surface area contributed by atoms with Crippen LogP contribution in [0.15, 0.2) is 29.6 Å². The number of hydrogen-bond acceptors (Lipinski definition) is 3. The number of thiophene rings is 1. The lowest BCUT2D eigenvalue weighted by Gasteiger charge is -2.26. The van der Waals surface area contributed by atoms with E-state index in [2.05, 4.69) is 4.98 Å². The monoisotopic (exact) mass is 334 g/mol. The van der Waals surface area contributed by atoms with Crippen molar-refractivity contribution in [2.24, 2.45) is 0 Å². The first-order valence-corrected chi connectivity index (χ1v) is 7.53. The number of pyridine rings is 1. The van der Waals surface area contributed by atoms with Crippen LogP contribution in [0, 0.1) is 0 Å². The van der Waals surface area contributed by atoms with Crippen LogP contribution in [0.2, 0.25) is 5.15 Å². The van der Waals surface area contributed by atoms with Crippen molar-refractivity contribution in [3.05, 3.63) is 45.2 Å². The van der Waals surface area contributed by atoms with Gasteiger partial charge in [0.05, 0.1) is 5.56 Å². The summed E-state index contributed by atoms with van der Waals surface area (Å²) in [6.45, 7) is 1.94. The molecule has 0 bridgehead atoms. The summed E-state index contributed by atoms with van der Waals surface area (Å²) in [6, 6.07) is 5.82. The summed E-state index contributed by atoms with van der Waals surface area (Å²) < 4.78 is 38.4. The molecule has 0 aliphatic rings. The van der Waals surface area contributed by atoms with E-state index < -0.39 is 11.7 Å². The predicted octanol–water partition coefficient (Wildman–Crippen LogP) is 4.88. The molecule has 0 spiro atoms. The molecular formula is C14H14ClF3N2S. The van der Waals surface area contributed by atoms with Gasteiger partial charge >= 0.3 is 6.18 Å². The largest absolute Gasteiger partial charge is 0.416 e. The second-order valence-electron chi connectivity index (χ2n) is 4.78. The zero-order valence-electron chi connectivity index (χ0n) is 11.5. The lowest BCUT2D eigenvalue weighted by molar-refractivity contribution is -0.137. The van der Waals surface area contributed by atoms with E-state index in [0.717, 1.165) is 18.6 Å². The SMILES string of the molecule is CC(Cc1cccs1)N(C)c1cc(C(F)(F)F)cc(Cl)n1. The quantitative estimate of drug-likeness (QED) is 0.741. The number of aromatic nitrogens is 1. The third-order valence-electron chi connectivity index (χ3n) is 3.21. The van der Waals surface area contributed by atoms with Crippen molar-refractivity contribution in [2.75, 3.05) is 11.9 Å². The number of alkyl halides is 3. The highest BCUT2D eigenvalue weighted by atomic mass is 35.5. The van der Waals surface area contributed by atoms with Crippen LogP contribution in [-0.2, 0) is 12.6 Å². The fourth-order valence-electron chi connectivity index (χ4n) is 1.91. The van der Waals surface area contributed by atoms with Gasteiger partial charge in [-0.25, -0.2) is 4.98 Å². The standard InChI is InChI=1S/C14H14ClF3N2S/c1-9(6-11-4-3-5-21-11)20(2)13-8-10(14(16,17)18)7-12(15)19-13/h3-5,7-9H,6H2,1-2H3. The molecule has 2 aromatic heterocycles. The lowest BCUT2D eigenvalue weighted by Crippen LogP contribution is -2.31. The molecule has 0 radical (unpaired) electrons. The van der Waals surface area contributed by atoms with Gasteiger partial charge in [0.15, 0.2) is 0 Å². The number of anilines is 1. The van der Waals surface area contributed by atoms with E-state index >= 15 is 0 Å². The minimum absolute atomic E-state index is 0.00991. The average Bonchev–Trinajstić information content (AvgIpc) is 2.88. The molecule has 0 aromatic carbocycles.